The number of anilines is 1. The third kappa shape index (κ3) is 3.68. The van der Waals surface area contributed by atoms with Crippen LogP contribution in [-0.4, -0.2) is 33.7 Å². The normalized spacial score (nSPS) is 11.3. The molecular weight excluding hydrogens is 286 g/mol. The minimum Gasteiger partial charge on any atom is -0.387 e. The van der Waals surface area contributed by atoms with Gasteiger partial charge in [0.05, 0.1) is 12.3 Å². The highest BCUT2D eigenvalue weighted by molar-refractivity contribution is 6.39. The van der Waals surface area contributed by atoms with Crippen molar-refractivity contribution in [2.45, 2.75) is 6.10 Å². The Kier molecular flexibility index (Phi) is 4.85. The molecule has 0 unspecified atom stereocenters. The molecule has 1 aromatic carbocycles. The predicted molar refractivity (Wildman–Crippen MR) is 76.3 cm³/mol. The van der Waals surface area contributed by atoms with E-state index >= 15 is 0 Å². The summed E-state index contributed by atoms with van der Waals surface area (Å²) in [5, 5.41) is 29.2. The molecule has 0 spiro atoms. The summed E-state index contributed by atoms with van der Waals surface area (Å²) in [7, 11) is 0. The lowest BCUT2D eigenvalue weighted by atomic mass is 10.1. The average molecular weight is 299 g/mol. The monoisotopic (exact) mass is 299 g/mol. The number of nitriles is 1. The predicted octanol–water partition coefficient (Wildman–Crippen LogP) is 0.0697. The first-order valence-corrected chi connectivity index (χ1v) is 6.37. The van der Waals surface area contributed by atoms with E-state index in [2.05, 4.69) is 20.8 Å². The SMILES string of the molecule is N#Cc1cn[nH]c1NC(=O)C(=O)NC[C@H](O)c1ccccc1. The van der Waals surface area contributed by atoms with Gasteiger partial charge in [-0.3, -0.25) is 14.7 Å². The molecule has 1 heterocycles. The number of hydrogen-bond donors (Lipinski definition) is 4. The van der Waals surface area contributed by atoms with Crippen LogP contribution in [0.5, 0.6) is 0 Å². The number of aromatic amines is 1. The Bertz CT molecular complexity index is 705. The summed E-state index contributed by atoms with van der Waals surface area (Å²) >= 11 is 0. The second kappa shape index (κ2) is 7.01. The van der Waals surface area contributed by atoms with Gasteiger partial charge in [0.15, 0.2) is 0 Å². The lowest BCUT2D eigenvalue weighted by molar-refractivity contribution is -0.136. The van der Waals surface area contributed by atoms with Crippen molar-refractivity contribution in [2.75, 3.05) is 11.9 Å². The van der Waals surface area contributed by atoms with Gasteiger partial charge in [-0.1, -0.05) is 30.3 Å². The maximum Gasteiger partial charge on any atom is 0.314 e. The summed E-state index contributed by atoms with van der Waals surface area (Å²) in [6, 6.07) is 10.6. The number of nitrogens with one attached hydrogen (secondary N) is 3. The minimum absolute atomic E-state index is 0.0475. The van der Waals surface area contributed by atoms with Crippen molar-refractivity contribution >= 4 is 17.6 Å². The van der Waals surface area contributed by atoms with Gasteiger partial charge in [0.1, 0.15) is 17.5 Å². The molecule has 0 saturated heterocycles. The van der Waals surface area contributed by atoms with E-state index in [1.54, 1.807) is 30.3 Å². The van der Waals surface area contributed by atoms with E-state index in [-0.39, 0.29) is 17.9 Å². The molecule has 4 N–H and O–H groups in total. The van der Waals surface area contributed by atoms with Crippen LogP contribution in [0.15, 0.2) is 36.5 Å². The maximum atomic E-state index is 11.7. The van der Waals surface area contributed by atoms with Crippen molar-refractivity contribution in [3.05, 3.63) is 47.7 Å². The third-order valence-corrected chi connectivity index (χ3v) is 2.84. The molecule has 0 aliphatic heterocycles. The van der Waals surface area contributed by atoms with E-state index in [0.717, 1.165) is 0 Å². The standard InChI is InChI=1S/C14H13N5O3/c15-6-10-7-17-19-12(10)18-14(22)13(21)16-8-11(20)9-4-2-1-3-5-9/h1-5,7,11,20H,8H2,(H,16,21)(H2,17,18,19,22)/t11-/m0/s1. The fourth-order valence-corrected chi connectivity index (χ4v) is 1.70. The topological polar surface area (TPSA) is 131 Å². The van der Waals surface area contributed by atoms with Crippen molar-refractivity contribution in [3.8, 4) is 6.07 Å². The van der Waals surface area contributed by atoms with Crippen LogP contribution in [0.2, 0.25) is 0 Å². The zero-order valence-electron chi connectivity index (χ0n) is 11.4. The smallest absolute Gasteiger partial charge is 0.314 e. The number of nitrogens with zero attached hydrogens (tertiary/aromatic N) is 2. The molecule has 0 aliphatic carbocycles. The Morgan fingerprint density at radius 2 is 2.05 bits per heavy atom. The Hall–Kier alpha value is -3.18. The van der Waals surface area contributed by atoms with Gasteiger partial charge in [0.2, 0.25) is 0 Å². The number of H-pyrrole nitrogens is 1. The highest BCUT2D eigenvalue weighted by Gasteiger charge is 2.17. The van der Waals surface area contributed by atoms with Gasteiger partial charge in [-0.05, 0) is 5.56 Å². The number of amides is 2. The molecule has 1 aromatic heterocycles. The first kappa shape index (κ1) is 15.2. The first-order valence-electron chi connectivity index (χ1n) is 6.37. The van der Waals surface area contributed by atoms with E-state index in [0.29, 0.717) is 5.56 Å². The maximum absolute atomic E-state index is 11.7. The molecule has 112 valence electrons. The number of carbonyl (C=O) groups is 2. The van der Waals surface area contributed by atoms with Crippen molar-refractivity contribution in [1.82, 2.24) is 15.5 Å². The molecule has 8 nitrogen and oxygen atoms in total. The van der Waals surface area contributed by atoms with Gasteiger partial charge in [-0.25, -0.2) is 0 Å². The first-order chi connectivity index (χ1) is 10.6. The average Bonchev–Trinajstić information content (AvgIpc) is 3.00. The second-order valence-electron chi connectivity index (χ2n) is 4.36. The molecule has 1 atom stereocenters. The molecule has 0 radical (unpaired) electrons. The highest BCUT2D eigenvalue weighted by atomic mass is 16.3. The summed E-state index contributed by atoms with van der Waals surface area (Å²) in [5.41, 5.74) is 0.744. The third-order valence-electron chi connectivity index (χ3n) is 2.84. The molecule has 2 aromatic rings. The van der Waals surface area contributed by atoms with E-state index in [1.165, 1.54) is 6.20 Å². The fourth-order valence-electron chi connectivity index (χ4n) is 1.70. The van der Waals surface area contributed by atoms with E-state index in [4.69, 9.17) is 5.26 Å². The number of aromatic nitrogens is 2. The summed E-state index contributed by atoms with van der Waals surface area (Å²) in [4.78, 5) is 23.3. The lowest BCUT2D eigenvalue weighted by Gasteiger charge is -2.11. The van der Waals surface area contributed by atoms with Crippen LogP contribution in [0.25, 0.3) is 0 Å². The van der Waals surface area contributed by atoms with E-state index < -0.39 is 17.9 Å². The number of carbonyl (C=O) groups excluding carboxylic acids is 2. The molecular formula is C14H13N5O3. The van der Waals surface area contributed by atoms with Crippen LogP contribution in [0.1, 0.15) is 17.2 Å². The highest BCUT2D eigenvalue weighted by Crippen LogP contribution is 2.11. The quantitative estimate of drug-likeness (QED) is 0.593. The fraction of sp³-hybridized carbons (Fsp3) is 0.143. The minimum atomic E-state index is -0.957. The van der Waals surface area contributed by atoms with Crippen molar-refractivity contribution < 1.29 is 14.7 Å². The van der Waals surface area contributed by atoms with Gasteiger partial charge >= 0.3 is 11.8 Å². The summed E-state index contributed by atoms with van der Waals surface area (Å²) in [5.74, 6) is -1.83. The molecule has 0 bridgehead atoms. The molecule has 8 heteroatoms. The van der Waals surface area contributed by atoms with Gasteiger partial charge < -0.3 is 15.7 Å². The van der Waals surface area contributed by atoms with E-state index in [1.807, 2.05) is 6.07 Å². The Morgan fingerprint density at radius 3 is 2.73 bits per heavy atom. The number of aliphatic hydroxyl groups excluding tert-OH is 1. The molecule has 0 aliphatic rings. The zero-order valence-corrected chi connectivity index (χ0v) is 11.4. The van der Waals surface area contributed by atoms with Crippen LogP contribution in [-0.2, 0) is 9.59 Å². The van der Waals surface area contributed by atoms with Crippen LogP contribution >= 0.6 is 0 Å². The van der Waals surface area contributed by atoms with Crippen LogP contribution < -0.4 is 10.6 Å². The number of benzene rings is 1. The molecule has 2 rings (SSSR count). The second-order valence-corrected chi connectivity index (χ2v) is 4.36. The zero-order chi connectivity index (χ0) is 15.9. The van der Waals surface area contributed by atoms with Crippen molar-refractivity contribution in [2.24, 2.45) is 0 Å². The largest absolute Gasteiger partial charge is 0.387 e. The van der Waals surface area contributed by atoms with Gasteiger partial charge in [-0.15, -0.1) is 0 Å². The number of aliphatic hydroxyl groups is 1. The molecule has 2 amide bonds. The number of hydrogen-bond acceptors (Lipinski definition) is 5. The van der Waals surface area contributed by atoms with Crippen molar-refractivity contribution in [1.29, 1.82) is 5.26 Å². The van der Waals surface area contributed by atoms with Crippen LogP contribution in [0, 0.1) is 11.3 Å². The Labute approximate surface area is 125 Å². The summed E-state index contributed by atoms with van der Waals surface area (Å²) < 4.78 is 0. The summed E-state index contributed by atoms with van der Waals surface area (Å²) in [6.45, 7) is -0.107. The van der Waals surface area contributed by atoms with Gasteiger partial charge in [0, 0.05) is 6.54 Å². The van der Waals surface area contributed by atoms with Crippen molar-refractivity contribution in [3.63, 3.8) is 0 Å². The summed E-state index contributed by atoms with van der Waals surface area (Å²) in [6.07, 6.45) is 0.312. The van der Waals surface area contributed by atoms with E-state index in [9.17, 15) is 14.7 Å². The van der Waals surface area contributed by atoms with Gasteiger partial charge in [0.25, 0.3) is 0 Å². The van der Waals surface area contributed by atoms with Gasteiger partial charge in [-0.2, -0.15) is 10.4 Å². The number of rotatable bonds is 4. The molecule has 22 heavy (non-hydrogen) atoms. The Balaban J connectivity index is 1.87. The molecule has 0 fully saturated rings. The van der Waals surface area contributed by atoms with Crippen LogP contribution in [0.3, 0.4) is 0 Å². The Morgan fingerprint density at radius 1 is 1.32 bits per heavy atom. The lowest BCUT2D eigenvalue weighted by Crippen LogP contribution is -2.37. The molecule has 0 saturated carbocycles. The van der Waals surface area contributed by atoms with Crippen LogP contribution in [0.4, 0.5) is 5.82 Å².